The Hall–Kier alpha value is -3.36. The number of benzene rings is 4. The Kier molecular flexibility index (Phi) is 4.62. The second kappa shape index (κ2) is 7.65. The molecule has 0 aromatic heterocycles. The molecule has 2 nitrogen and oxygen atoms in total. The average molecular weight is 437 g/mol. The number of allylic oxidation sites excluding steroid dienone is 2. The highest BCUT2D eigenvalue weighted by molar-refractivity contribution is 6.30. The number of carbonyl (C=O) groups is 1. The van der Waals surface area contributed by atoms with E-state index in [1.54, 1.807) is 0 Å². The van der Waals surface area contributed by atoms with Crippen molar-refractivity contribution in [3.8, 4) is 5.75 Å². The summed E-state index contributed by atoms with van der Waals surface area (Å²) >= 11 is 6.20. The van der Waals surface area contributed by atoms with E-state index in [-0.39, 0.29) is 17.6 Å². The Morgan fingerprint density at radius 1 is 0.750 bits per heavy atom. The van der Waals surface area contributed by atoms with Crippen LogP contribution in [0.5, 0.6) is 5.75 Å². The number of ether oxygens (including phenoxy) is 1. The zero-order valence-electron chi connectivity index (χ0n) is 17.4. The van der Waals surface area contributed by atoms with Gasteiger partial charge in [0, 0.05) is 34.9 Å². The summed E-state index contributed by atoms with van der Waals surface area (Å²) in [7, 11) is 0. The van der Waals surface area contributed by atoms with E-state index >= 15 is 0 Å². The Labute approximate surface area is 192 Å². The minimum Gasteiger partial charge on any atom is -0.461 e. The van der Waals surface area contributed by atoms with Gasteiger partial charge in [-0.05, 0) is 46.0 Å². The normalized spacial score (nSPS) is 20.0. The molecule has 6 rings (SSSR count). The van der Waals surface area contributed by atoms with Crippen LogP contribution in [0, 0.1) is 0 Å². The molecule has 4 aromatic carbocycles. The first kappa shape index (κ1) is 19.3. The summed E-state index contributed by atoms with van der Waals surface area (Å²) in [4.78, 5) is 13.6. The topological polar surface area (TPSA) is 26.3 Å². The number of carbonyl (C=O) groups excluding carboxylic acids is 1. The highest BCUT2D eigenvalue weighted by Gasteiger charge is 2.40. The standard InChI is InChI=1S/C29H21ClO2/c30-22-13-10-20(11-14-22)27-28-23-9-5-4-8-19(23)12-15-25(28)32-26-17-21(16-24(31)29(26)27)18-6-2-1-3-7-18/h1-15,21,27H,16-17H2. The van der Waals surface area contributed by atoms with Gasteiger partial charge in [-0.2, -0.15) is 0 Å². The summed E-state index contributed by atoms with van der Waals surface area (Å²) in [5, 5.41) is 2.95. The zero-order chi connectivity index (χ0) is 21.7. The number of rotatable bonds is 2. The molecule has 0 fully saturated rings. The Morgan fingerprint density at radius 2 is 1.50 bits per heavy atom. The van der Waals surface area contributed by atoms with Crippen LogP contribution in [-0.2, 0) is 4.79 Å². The molecule has 1 aliphatic carbocycles. The molecule has 2 aliphatic rings. The van der Waals surface area contributed by atoms with Crippen LogP contribution in [0.3, 0.4) is 0 Å². The van der Waals surface area contributed by atoms with Gasteiger partial charge in [-0.25, -0.2) is 0 Å². The van der Waals surface area contributed by atoms with Crippen molar-refractivity contribution in [1.29, 1.82) is 0 Å². The summed E-state index contributed by atoms with van der Waals surface area (Å²) < 4.78 is 6.47. The molecule has 1 heterocycles. The van der Waals surface area contributed by atoms with Crippen molar-refractivity contribution in [2.24, 2.45) is 0 Å². The molecule has 0 N–H and O–H groups in total. The van der Waals surface area contributed by atoms with Gasteiger partial charge in [-0.15, -0.1) is 0 Å². The molecule has 4 aromatic rings. The highest BCUT2D eigenvalue weighted by atomic mass is 35.5. The number of fused-ring (bicyclic) bond motifs is 3. The van der Waals surface area contributed by atoms with E-state index in [2.05, 4.69) is 30.3 Å². The van der Waals surface area contributed by atoms with Gasteiger partial charge in [-0.1, -0.05) is 84.4 Å². The fraction of sp³-hybridized carbons (Fsp3) is 0.138. The first-order chi connectivity index (χ1) is 15.7. The van der Waals surface area contributed by atoms with Gasteiger partial charge in [0.05, 0.1) is 0 Å². The molecule has 0 saturated heterocycles. The number of Topliss-reactive ketones (excluding diaryl/α,β-unsaturated/α-hetero) is 1. The van der Waals surface area contributed by atoms with Gasteiger partial charge in [0.1, 0.15) is 11.5 Å². The lowest BCUT2D eigenvalue weighted by atomic mass is 9.72. The summed E-state index contributed by atoms with van der Waals surface area (Å²) in [5.41, 5.74) is 4.11. The van der Waals surface area contributed by atoms with E-state index in [0.717, 1.165) is 45.4 Å². The lowest BCUT2D eigenvalue weighted by molar-refractivity contribution is -0.117. The molecular formula is C29H21ClO2. The molecular weight excluding hydrogens is 416 g/mol. The molecule has 0 amide bonds. The van der Waals surface area contributed by atoms with Crippen LogP contribution in [0.2, 0.25) is 5.02 Å². The highest BCUT2D eigenvalue weighted by Crippen LogP contribution is 2.51. The summed E-state index contributed by atoms with van der Waals surface area (Å²) in [5.74, 6) is 1.78. The lowest BCUT2D eigenvalue weighted by Crippen LogP contribution is -2.28. The monoisotopic (exact) mass is 436 g/mol. The van der Waals surface area contributed by atoms with Crippen molar-refractivity contribution in [3.05, 3.63) is 124 Å². The SMILES string of the molecule is O=C1CC(c2ccccc2)CC2=C1C(c1ccc(Cl)cc1)c1c(ccc3ccccc13)O2. The predicted molar refractivity (Wildman–Crippen MR) is 128 cm³/mol. The average Bonchev–Trinajstić information content (AvgIpc) is 2.83. The van der Waals surface area contributed by atoms with E-state index in [4.69, 9.17) is 16.3 Å². The first-order valence-corrected chi connectivity index (χ1v) is 11.3. The van der Waals surface area contributed by atoms with E-state index in [1.807, 2.05) is 60.7 Å². The minimum absolute atomic E-state index is 0.135. The van der Waals surface area contributed by atoms with Crippen LogP contribution >= 0.6 is 11.6 Å². The van der Waals surface area contributed by atoms with Crippen LogP contribution in [0.15, 0.2) is 102 Å². The van der Waals surface area contributed by atoms with E-state index in [1.165, 1.54) is 5.56 Å². The number of halogens is 1. The second-order valence-electron chi connectivity index (χ2n) is 8.56. The van der Waals surface area contributed by atoms with Crippen molar-refractivity contribution in [2.45, 2.75) is 24.7 Å². The van der Waals surface area contributed by atoms with Gasteiger partial charge in [0.15, 0.2) is 5.78 Å². The predicted octanol–water partition coefficient (Wildman–Crippen LogP) is 7.42. The van der Waals surface area contributed by atoms with Crippen molar-refractivity contribution in [1.82, 2.24) is 0 Å². The third-order valence-corrected chi connectivity index (χ3v) is 6.93. The smallest absolute Gasteiger partial charge is 0.163 e. The van der Waals surface area contributed by atoms with Gasteiger partial charge >= 0.3 is 0 Å². The van der Waals surface area contributed by atoms with Crippen LogP contribution in [0.25, 0.3) is 10.8 Å². The van der Waals surface area contributed by atoms with Crippen LogP contribution < -0.4 is 4.74 Å². The van der Waals surface area contributed by atoms with Crippen molar-refractivity contribution >= 4 is 28.2 Å². The van der Waals surface area contributed by atoms with Crippen LogP contribution in [0.1, 0.15) is 41.4 Å². The summed E-state index contributed by atoms with van der Waals surface area (Å²) in [6.07, 6.45) is 1.22. The van der Waals surface area contributed by atoms with E-state index < -0.39 is 0 Å². The minimum atomic E-state index is -0.165. The van der Waals surface area contributed by atoms with Gasteiger partial charge < -0.3 is 4.74 Å². The third-order valence-electron chi connectivity index (χ3n) is 6.68. The molecule has 156 valence electrons. The lowest BCUT2D eigenvalue weighted by Gasteiger charge is -2.36. The molecule has 1 aliphatic heterocycles. The second-order valence-corrected chi connectivity index (χ2v) is 9.00. The molecule has 2 unspecified atom stereocenters. The Balaban J connectivity index is 1.55. The Bertz CT molecular complexity index is 1370. The number of hydrogen-bond acceptors (Lipinski definition) is 2. The summed E-state index contributed by atoms with van der Waals surface area (Å²) in [6, 6.07) is 30.6. The zero-order valence-corrected chi connectivity index (χ0v) is 18.2. The number of ketones is 1. The molecule has 2 atom stereocenters. The maximum Gasteiger partial charge on any atom is 0.163 e. The fourth-order valence-corrected chi connectivity index (χ4v) is 5.33. The van der Waals surface area contributed by atoms with Crippen molar-refractivity contribution in [3.63, 3.8) is 0 Å². The van der Waals surface area contributed by atoms with Gasteiger partial charge in [-0.3, -0.25) is 4.79 Å². The molecule has 0 saturated carbocycles. The van der Waals surface area contributed by atoms with Crippen LogP contribution in [-0.4, -0.2) is 5.78 Å². The largest absolute Gasteiger partial charge is 0.461 e. The van der Waals surface area contributed by atoms with Crippen molar-refractivity contribution in [2.75, 3.05) is 0 Å². The van der Waals surface area contributed by atoms with Gasteiger partial charge in [0.25, 0.3) is 0 Å². The maximum absolute atomic E-state index is 13.6. The molecule has 0 spiro atoms. The number of hydrogen-bond donors (Lipinski definition) is 0. The quantitative estimate of drug-likeness (QED) is 0.327. The third kappa shape index (κ3) is 3.14. The van der Waals surface area contributed by atoms with Crippen molar-refractivity contribution < 1.29 is 9.53 Å². The van der Waals surface area contributed by atoms with E-state index in [0.29, 0.717) is 11.4 Å². The Morgan fingerprint density at radius 3 is 2.31 bits per heavy atom. The maximum atomic E-state index is 13.6. The molecule has 32 heavy (non-hydrogen) atoms. The summed E-state index contributed by atoms with van der Waals surface area (Å²) in [6.45, 7) is 0. The fourth-order valence-electron chi connectivity index (χ4n) is 5.20. The molecule has 0 radical (unpaired) electrons. The molecule has 3 heteroatoms. The van der Waals surface area contributed by atoms with Crippen LogP contribution in [0.4, 0.5) is 0 Å². The van der Waals surface area contributed by atoms with E-state index in [9.17, 15) is 4.79 Å². The van der Waals surface area contributed by atoms with Gasteiger partial charge in [0.2, 0.25) is 0 Å². The first-order valence-electron chi connectivity index (χ1n) is 10.9. The molecule has 0 bridgehead atoms.